The molecule has 2 heteroatoms. The minimum atomic E-state index is 0.659. The zero-order chi connectivity index (χ0) is 12.4. The molecule has 0 spiro atoms. The molecule has 0 atom stereocenters. The maximum Gasteiger partial charge on any atom is 0.0462 e. The predicted molar refractivity (Wildman–Crippen MR) is 76.5 cm³/mol. The van der Waals surface area contributed by atoms with Crippen molar-refractivity contribution in [3.05, 3.63) is 60.3 Å². The van der Waals surface area contributed by atoms with Crippen LogP contribution < -0.4 is 5.73 Å². The topological polar surface area (TPSA) is 41.8 Å². The molecule has 18 heavy (non-hydrogen) atoms. The van der Waals surface area contributed by atoms with Gasteiger partial charge in [-0.3, -0.25) is 0 Å². The highest BCUT2D eigenvalue weighted by molar-refractivity contribution is 5.97. The fourth-order valence-corrected chi connectivity index (χ4v) is 2.46. The van der Waals surface area contributed by atoms with Gasteiger partial charge in [-0.15, -0.1) is 0 Å². The lowest BCUT2D eigenvalue weighted by molar-refractivity contribution is 0.941. The van der Waals surface area contributed by atoms with Crippen molar-refractivity contribution < 1.29 is 0 Å². The van der Waals surface area contributed by atoms with Gasteiger partial charge in [-0.25, -0.2) is 0 Å². The monoisotopic (exact) mass is 236 g/mol. The summed E-state index contributed by atoms with van der Waals surface area (Å²) in [6.45, 7) is 0.659. The molecule has 3 rings (SSSR count). The molecule has 0 radical (unpaired) electrons. The molecule has 0 aliphatic carbocycles. The molecule has 0 amide bonds. The lowest BCUT2D eigenvalue weighted by atomic mass is 10.0. The number of aromatic nitrogens is 1. The number of hydrogen-bond donors (Lipinski definition) is 2. The quantitative estimate of drug-likeness (QED) is 0.719. The summed E-state index contributed by atoms with van der Waals surface area (Å²) in [4.78, 5) is 3.48. The largest absolute Gasteiger partial charge is 0.358 e. The Morgan fingerprint density at radius 2 is 1.61 bits per heavy atom. The molecule has 90 valence electrons. The van der Waals surface area contributed by atoms with Gasteiger partial charge in [0.05, 0.1) is 0 Å². The Morgan fingerprint density at radius 3 is 2.39 bits per heavy atom. The third-order valence-corrected chi connectivity index (χ3v) is 3.24. The number of para-hydroxylation sites is 1. The Morgan fingerprint density at radius 1 is 0.889 bits per heavy atom. The minimum absolute atomic E-state index is 0.659. The normalized spacial score (nSPS) is 10.9. The molecule has 1 aromatic heterocycles. The van der Waals surface area contributed by atoms with E-state index in [1.54, 1.807) is 0 Å². The fourth-order valence-electron chi connectivity index (χ4n) is 2.46. The molecule has 0 bridgehead atoms. The van der Waals surface area contributed by atoms with E-state index in [2.05, 4.69) is 53.5 Å². The summed E-state index contributed by atoms with van der Waals surface area (Å²) in [7, 11) is 0. The van der Waals surface area contributed by atoms with Crippen LogP contribution in [-0.2, 0) is 6.42 Å². The van der Waals surface area contributed by atoms with E-state index in [0.29, 0.717) is 6.54 Å². The van der Waals surface area contributed by atoms with E-state index in [0.717, 1.165) is 6.42 Å². The second-order valence-corrected chi connectivity index (χ2v) is 4.43. The van der Waals surface area contributed by atoms with E-state index in [1.807, 2.05) is 6.07 Å². The molecule has 0 aliphatic rings. The lowest BCUT2D eigenvalue weighted by Gasteiger charge is -2.03. The molecule has 0 unspecified atom stereocenters. The van der Waals surface area contributed by atoms with Gasteiger partial charge in [0.15, 0.2) is 0 Å². The molecular formula is C16H16N2. The van der Waals surface area contributed by atoms with Gasteiger partial charge in [0.1, 0.15) is 0 Å². The summed E-state index contributed by atoms with van der Waals surface area (Å²) in [6.07, 6.45) is 0.874. The van der Waals surface area contributed by atoms with Crippen LogP contribution in [0.3, 0.4) is 0 Å². The van der Waals surface area contributed by atoms with Gasteiger partial charge in [-0.2, -0.15) is 0 Å². The number of aromatic amines is 1. The standard InChI is InChI=1S/C16H16N2/c17-11-10-15-16(12-6-2-1-3-7-12)13-8-4-5-9-14(13)18-15/h1-9,18H,10-11,17H2. The highest BCUT2D eigenvalue weighted by Crippen LogP contribution is 2.32. The van der Waals surface area contributed by atoms with Crippen LogP contribution in [0.25, 0.3) is 22.0 Å². The van der Waals surface area contributed by atoms with Crippen molar-refractivity contribution >= 4 is 10.9 Å². The average Bonchev–Trinajstić information content (AvgIpc) is 2.78. The SMILES string of the molecule is NCCc1[nH]c2ccccc2c1-c1ccccc1. The summed E-state index contributed by atoms with van der Waals surface area (Å²) in [5, 5.41) is 1.27. The third-order valence-electron chi connectivity index (χ3n) is 3.24. The molecule has 1 heterocycles. The van der Waals surface area contributed by atoms with Crippen molar-refractivity contribution in [1.82, 2.24) is 4.98 Å². The van der Waals surface area contributed by atoms with Gasteiger partial charge in [0.2, 0.25) is 0 Å². The van der Waals surface area contributed by atoms with Gasteiger partial charge in [-0.1, -0.05) is 48.5 Å². The number of nitrogens with two attached hydrogens (primary N) is 1. The first-order valence-electron chi connectivity index (χ1n) is 6.25. The van der Waals surface area contributed by atoms with Crippen molar-refractivity contribution in [2.75, 3.05) is 6.54 Å². The third kappa shape index (κ3) is 1.81. The van der Waals surface area contributed by atoms with Crippen LogP contribution in [0.4, 0.5) is 0 Å². The number of H-pyrrole nitrogens is 1. The van der Waals surface area contributed by atoms with E-state index >= 15 is 0 Å². The Labute approximate surface area is 106 Å². The van der Waals surface area contributed by atoms with Crippen LogP contribution in [0.1, 0.15) is 5.69 Å². The number of benzene rings is 2. The Kier molecular flexibility index (Phi) is 2.87. The molecule has 0 saturated heterocycles. The van der Waals surface area contributed by atoms with E-state index < -0.39 is 0 Å². The van der Waals surface area contributed by atoms with Crippen LogP contribution in [-0.4, -0.2) is 11.5 Å². The summed E-state index contributed by atoms with van der Waals surface area (Å²) >= 11 is 0. The summed E-state index contributed by atoms with van der Waals surface area (Å²) in [6, 6.07) is 18.9. The Balaban J connectivity index is 2.28. The zero-order valence-corrected chi connectivity index (χ0v) is 10.2. The molecule has 0 aliphatic heterocycles. The van der Waals surface area contributed by atoms with Gasteiger partial charge in [-0.05, 0) is 18.2 Å². The number of hydrogen-bond acceptors (Lipinski definition) is 1. The number of fused-ring (bicyclic) bond motifs is 1. The highest BCUT2D eigenvalue weighted by Gasteiger charge is 2.11. The molecule has 0 fully saturated rings. The van der Waals surface area contributed by atoms with Gasteiger partial charge < -0.3 is 10.7 Å². The van der Waals surface area contributed by atoms with E-state index in [-0.39, 0.29) is 0 Å². The van der Waals surface area contributed by atoms with Gasteiger partial charge in [0, 0.05) is 28.6 Å². The highest BCUT2D eigenvalue weighted by atomic mass is 14.7. The summed E-state index contributed by atoms with van der Waals surface area (Å²) in [5.41, 5.74) is 10.7. The van der Waals surface area contributed by atoms with Crippen molar-refractivity contribution in [3.8, 4) is 11.1 Å². The van der Waals surface area contributed by atoms with Crippen LogP contribution in [0, 0.1) is 0 Å². The summed E-state index contributed by atoms with van der Waals surface area (Å²) in [5.74, 6) is 0. The van der Waals surface area contributed by atoms with Crippen LogP contribution in [0.15, 0.2) is 54.6 Å². The number of nitrogens with one attached hydrogen (secondary N) is 1. The second-order valence-electron chi connectivity index (χ2n) is 4.43. The summed E-state index contributed by atoms with van der Waals surface area (Å²) < 4.78 is 0. The molecular weight excluding hydrogens is 220 g/mol. The smallest absolute Gasteiger partial charge is 0.0462 e. The van der Waals surface area contributed by atoms with Gasteiger partial charge >= 0.3 is 0 Å². The minimum Gasteiger partial charge on any atom is -0.358 e. The van der Waals surface area contributed by atoms with E-state index in [1.165, 1.54) is 27.7 Å². The Hall–Kier alpha value is -2.06. The first kappa shape index (κ1) is 11.1. The van der Waals surface area contributed by atoms with E-state index in [4.69, 9.17) is 5.73 Å². The predicted octanol–water partition coefficient (Wildman–Crippen LogP) is 3.34. The molecule has 0 saturated carbocycles. The maximum absolute atomic E-state index is 5.71. The average molecular weight is 236 g/mol. The fraction of sp³-hybridized carbons (Fsp3) is 0.125. The van der Waals surface area contributed by atoms with Crippen molar-refractivity contribution in [2.24, 2.45) is 5.73 Å². The van der Waals surface area contributed by atoms with E-state index in [9.17, 15) is 0 Å². The molecule has 3 aromatic rings. The molecule has 2 nitrogen and oxygen atoms in total. The van der Waals surface area contributed by atoms with Crippen molar-refractivity contribution in [3.63, 3.8) is 0 Å². The van der Waals surface area contributed by atoms with Crippen LogP contribution in [0.5, 0.6) is 0 Å². The van der Waals surface area contributed by atoms with Crippen LogP contribution >= 0.6 is 0 Å². The first-order valence-corrected chi connectivity index (χ1v) is 6.25. The van der Waals surface area contributed by atoms with Crippen molar-refractivity contribution in [2.45, 2.75) is 6.42 Å². The lowest BCUT2D eigenvalue weighted by Crippen LogP contribution is -2.03. The molecule has 2 aromatic carbocycles. The first-order chi connectivity index (χ1) is 8.90. The second kappa shape index (κ2) is 4.67. The van der Waals surface area contributed by atoms with Crippen molar-refractivity contribution in [1.29, 1.82) is 0 Å². The van der Waals surface area contributed by atoms with Crippen LogP contribution in [0.2, 0.25) is 0 Å². The Bertz CT molecular complexity index is 653. The zero-order valence-electron chi connectivity index (χ0n) is 10.2. The van der Waals surface area contributed by atoms with Gasteiger partial charge in [0.25, 0.3) is 0 Å². The molecule has 3 N–H and O–H groups in total. The number of rotatable bonds is 3. The maximum atomic E-state index is 5.71.